The number of furan rings is 1. The first-order chi connectivity index (χ1) is 11.8. The molecule has 0 bridgehead atoms. The van der Waals surface area contributed by atoms with Gasteiger partial charge in [0.15, 0.2) is 6.10 Å². The Labute approximate surface area is 144 Å². The number of ketones is 1. The molecule has 132 valence electrons. The Morgan fingerprint density at radius 3 is 2.56 bits per heavy atom. The van der Waals surface area contributed by atoms with Gasteiger partial charge in [0.1, 0.15) is 0 Å². The van der Waals surface area contributed by atoms with Crippen LogP contribution in [0, 0.1) is 0 Å². The Morgan fingerprint density at radius 2 is 1.88 bits per heavy atom. The van der Waals surface area contributed by atoms with Gasteiger partial charge < -0.3 is 9.15 Å². The lowest BCUT2D eigenvalue weighted by Gasteiger charge is -2.12. The van der Waals surface area contributed by atoms with Crippen LogP contribution in [0.15, 0.2) is 39.8 Å². The normalized spacial score (nSPS) is 14.8. The van der Waals surface area contributed by atoms with Crippen LogP contribution < -0.4 is 5.14 Å². The third-order valence-corrected chi connectivity index (χ3v) is 4.88. The van der Waals surface area contributed by atoms with Crippen molar-refractivity contribution in [3.63, 3.8) is 0 Å². The van der Waals surface area contributed by atoms with E-state index in [1.807, 2.05) is 12.1 Å². The number of ether oxygens (including phenoxy) is 1. The predicted molar refractivity (Wildman–Crippen MR) is 87.8 cm³/mol. The molecule has 1 aliphatic rings. The average Bonchev–Trinajstić information content (AvgIpc) is 3.21. The van der Waals surface area contributed by atoms with Crippen molar-refractivity contribution in [2.75, 3.05) is 0 Å². The first-order valence-corrected chi connectivity index (χ1v) is 9.30. The molecule has 0 amide bonds. The Bertz CT molecular complexity index is 944. The van der Waals surface area contributed by atoms with Crippen molar-refractivity contribution in [3.05, 3.63) is 52.8 Å². The molecular formula is C17H17NO6S. The number of hydrogen-bond acceptors (Lipinski definition) is 6. The summed E-state index contributed by atoms with van der Waals surface area (Å²) < 4.78 is 32.2. The molecule has 1 atom stereocenters. The van der Waals surface area contributed by atoms with Crippen molar-refractivity contribution in [2.24, 2.45) is 5.14 Å². The fourth-order valence-electron chi connectivity index (χ4n) is 2.81. The van der Waals surface area contributed by atoms with Crippen LogP contribution in [0.5, 0.6) is 0 Å². The molecule has 2 N–H and O–H groups in total. The maximum Gasteiger partial charge on any atom is 0.375 e. The summed E-state index contributed by atoms with van der Waals surface area (Å²) in [7, 11) is -4.05. The van der Waals surface area contributed by atoms with E-state index in [1.165, 1.54) is 12.5 Å². The molecule has 1 aromatic heterocycles. The third-order valence-electron chi connectivity index (χ3n) is 4.10. The number of sulfonamides is 1. The van der Waals surface area contributed by atoms with Crippen LogP contribution in [0.3, 0.4) is 0 Å². The van der Waals surface area contributed by atoms with Crippen molar-refractivity contribution >= 4 is 21.8 Å². The first kappa shape index (κ1) is 17.4. The molecule has 7 nitrogen and oxygen atoms in total. The standard InChI is InChI=1S/C17H17NO6S/c1-10(16(19)13-6-5-11-3-2-4-12(11)9-13)23-17(20)14-7-8-15(24-14)25(18,21)22/h5-10H,2-4H2,1H3,(H2,18,21,22). The Hall–Kier alpha value is -2.45. The highest BCUT2D eigenvalue weighted by Gasteiger charge is 2.25. The molecule has 1 aromatic carbocycles. The molecule has 0 aliphatic heterocycles. The second-order valence-corrected chi connectivity index (χ2v) is 7.40. The molecule has 1 unspecified atom stereocenters. The Kier molecular flexibility index (Phi) is 4.49. The number of primary sulfonamides is 1. The minimum atomic E-state index is -4.05. The van der Waals surface area contributed by atoms with Gasteiger partial charge in [-0.1, -0.05) is 12.1 Å². The number of carbonyl (C=O) groups excluding carboxylic acids is 2. The fourth-order valence-corrected chi connectivity index (χ4v) is 3.28. The van der Waals surface area contributed by atoms with Gasteiger partial charge in [0.25, 0.3) is 10.0 Å². The van der Waals surface area contributed by atoms with Gasteiger partial charge in [-0.15, -0.1) is 0 Å². The van der Waals surface area contributed by atoms with Gasteiger partial charge in [-0.3, -0.25) is 4.79 Å². The van der Waals surface area contributed by atoms with E-state index in [9.17, 15) is 18.0 Å². The molecule has 0 saturated heterocycles. The number of rotatable bonds is 5. The minimum absolute atomic E-state index is 0.332. The van der Waals surface area contributed by atoms with Crippen LogP contribution in [0.25, 0.3) is 0 Å². The van der Waals surface area contributed by atoms with Gasteiger partial charge in [0.2, 0.25) is 16.6 Å². The van der Waals surface area contributed by atoms with E-state index in [-0.39, 0.29) is 11.5 Å². The van der Waals surface area contributed by atoms with E-state index in [2.05, 4.69) is 0 Å². The Balaban J connectivity index is 1.71. The summed E-state index contributed by atoms with van der Waals surface area (Å²) in [5.41, 5.74) is 2.87. The topological polar surface area (TPSA) is 117 Å². The molecule has 0 saturated carbocycles. The lowest BCUT2D eigenvalue weighted by atomic mass is 10.0. The van der Waals surface area contributed by atoms with Gasteiger partial charge in [-0.25, -0.2) is 18.4 Å². The van der Waals surface area contributed by atoms with Gasteiger partial charge in [-0.05, 0) is 55.5 Å². The van der Waals surface area contributed by atoms with Crippen molar-refractivity contribution < 1.29 is 27.2 Å². The largest absolute Gasteiger partial charge is 0.448 e. The number of Topliss-reactive ketones (excluding diaryl/α,β-unsaturated/α-hetero) is 1. The summed E-state index contributed by atoms with van der Waals surface area (Å²) in [5.74, 6) is -1.60. The molecule has 0 spiro atoms. The highest BCUT2D eigenvalue weighted by molar-refractivity contribution is 7.89. The van der Waals surface area contributed by atoms with Crippen LogP contribution >= 0.6 is 0 Å². The average molecular weight is 363 g/mol. The van der Waals surface area contributed by atoms with Crippen LogP contribution in [0.2, 0.25) is 0 Å². The second-order valence-electron chi connectivity index (χ2n) is 5.91. The van der Waals surface area contributed by atoms with E-state index in [0.29, 0.717) is 5.56 Å². The van der Waals surface area contributed by atoms with Crippen LogP contribution in [0.1, 0.15) is 45.4 Å². The number of nitrogens with two attached hydrogens (primary N) is 1. The van der Waals surface area contributed by atoms with Crippen molar-refractivity contribution in [1.29, 1.82) is 0 Å². The van der Waals surface area contributed by atoms with Crippen molar-refractivity contribution in [1.82, 2.24) is 0 Å². The fraction of sp³-hybridized carbons (Fsp3) is 0.294. The predicted octanol–water partition coefficient (Wildman–Crippen LogP) is 1.84. The molecule has 8 heteroatoms. The van der Waals surface area contributed by atoms with E-state index in [4.69, 9.17) is 14.3 Å². The maximum atomic E-state index is 12.5. The SMILES string of the molecule is CC(OC(=O)c1ccc(S(N)(=O)=O)o1)C(=O)c1ccc2c(c1)CCC2. The van der Waals surface area contributed by atoms with Crippen molar-refractivity contribution in [2.45, 2.75) is 37.4 Å². The summed E-state index contributed by atoms with van der Waals surface area (Å²) in [6.07, 6.45) is 1.99. The molecule has 1 heterocycles. The second kappa shape index (κ2) is 6.45. The number of aryl methyl sites for hydroxylation is 2. The van der Waals surface area contributed by atoms with Gasteiger partial charge in [0, 0.05) is 5.56 Å². The lowest BCUT2D eigenvalue weighted by Crippen LogP contribution is -2.24. The molecule has 0 radical (unpaired) electrons. The molecule has 0 fully saturated rings. The number of benzene rings is 1. The molecule has 3 rings (SSSR count). The third kappa shape index (κ3) is 3.64. The maximum absolute atomic E-state index is 12.5. The number of carbonyl (C=O) groups is 2. The Morgan fingerprint density at radius 1 is 1.16 bits per heavy atom. The lowest BCUT2D eigenvalue weighted by molar-refractivity contribution is 0.0284. The van der Waals surface area contributed by atoms with Gasteiger partial charge >= 0.3 is 5.97 Å². The summed E-state index contributed by atoms with van der Waals surface area (Å²) in [6.45, 7) is 1.46. The number of fused-ring (bicyclic) bond motifs is 1. The molecule has 1 aliphatic carbocycles. The van der Waals surface area contributed by atoms with E-state index in [1.54, 1.807) is 6.07 Å². The minimum Gasteiger partial charge on any atom is -0.448 e. The molecule has 2 aromatic rings. The number of esters is 1. The summed E-state index contributed by atoms with van der Waals surface area (Å²) >= 11 is 0. The number of hydrogen-bond donors (Lipinski definition) is 1. The summed E-state index contributed by atoms with van der Waals surface area (Å²) in [5, 5.41) is 4.37. The van der Waals surface area contributed by atoms with E-state index in [0.717, 1.165) is 37.0 Å². The van der Waals surface area contributed by atoms with E-state index < -0.39 is 27.2 Å². The first-order valence-electron chi connectivity index (χ1n) is 7.75. The zero-order chi connectivity index (χ0) is 18.2. The van der Waals surface area contributed by atoms with Crippen LogP contribution in [-0.4, -0.2) is 26.3 Å². The van der Waals surface area contributed by atoms with Crippen molar-refractivity contribution in [3.8, 4) is 0 Å². The van der Waals surface area contributed by atoms with Crippen LogP contribution in [0.4, 0.5) is 0 Å². The smallest absolute Gasteiger partial charge is 0.375 e. The zero-order valence-corrected chi connectivity index (χ0v) is 14.3. The zero-order valence-electron chi connectivity index (χ0n) is 13.5. The monoisotopic (exact) mass is 363 g/mol. The molecule has 25 heavy (non-hydrogen) atoms. The van der Waals surface area contributed by atoms with Gasteiger partial charge in [0.05, 0.1) is 0 Å². The quantitative estimate of drug-likeness (QED) is 0.640. The highest BCUT2D eigenvalue weighted by Crippen LogP contribution is 2.24. The van der Waals surface area contributed by atoms with E-state index >= 15 is 0 Å². The van der Waals surface area contributed by atoms with Crippen LogP contribution in [-0.2, 0) is 27.6 Å². The molecular weight excluding hydrogens is 346 g/mol. The van der Waals surface area contributed by atoms with Gasteiger partial charge in [-0.2, -0.15) is 0 Å². The summed E-state index contributed by atoms with van der Waals surface area (Å²) in [4.78, 5) is 24.5. The summed E-state index contributed by atoms with van der Waals surface area (Å²) in [6, 6.07) is 7.67. The highest BCUT2D eigenvalue weighted by atomic mass is 32.2.